The standard InChI is InChI=1S/C24H28N2O8S/c1-24(2,3)16-7-8-19-18(12-16)26(35(6,30)31)13-20(34-19)21(27)25-17-10-14(22(28)32-4)9-15(11-17)23(29)33-5/h7-12,20H,13H2,1-6H3,(H,25,27). The lowest BCUT2D eigenvalue weighted by atomic mass is 9.86. The smallest absolute Gasteiger partial charge is 0.337 e. The van der Waals surface area contributed by atoms with Crippen LogP contribution in [-0.2, 0) is 29.7 Å². The van der Waals surface area contributed by atoms with E-state index in [1.165, 1.54) is 32.4 Å². The van der Waals surface area contributed by atoms with E-state index < -0.39 is 34.0 Å². The number of methoxy groups -OCH3 is 2. The number of ether oxygens (including phenoxy) is 3. The van der Waals surface area contributed by atoms with Gasteiger partial charge >= 0.3 is 11.9 Å². The Morgan fingerprint density at radius 2 is 1.57 bits per heavy atom. The molecule has 0 radical (unpaired) electrons. The van der Waals surface area contributed by atoms with Crippen molar-refractivity contribution in [2.45, 2.75) is 32.3 Å². The molecule has 1 atom stereocenters. The molecule has 1 unspecified atom stereocenters. The van der Waals surface area contributed by atoms with E-state index in [1.807, 2.05) is 26.8 Å². The lowest BCUT2D eigenvalue weighted by molar-refractivity contribution is -0.122. The van der Waals surface area contributed by atoms with Crippen molar-refractivity contribution in [2.24, 2.45) is 0 Å². The molecular formula is C24H28N2O8S. The highest BCUT2D eigenvalue weighted by atomic mass is 32.2. The van der Waals surface area contributed by atoms with Gasteiger partial charge in [0.1, 0.15) is 5.75 Å². The molecule has 11 heteroatoms. The van der Waals surface area contributed by atoms with Crippen LogP contribution in [0.25, 0.3) is 0 Å². The number of hydrogen-bond donors (Lipinski definition) is 1. The number of nitrogens with one attached hydrogen (secondary N) is 1. The zero-order valence-electron chi connectivity index (χ0n) is 20.4. The summed E-state index contributed by atoms with van der Waals surface area (Å²) in [5, 5.41) is 2.59. The van der Waals surface area contributed by atoms with Crippen LogP contribution >= 0.6 is 0 Å². The molecule has 0 aromatic heterocycles. The molecule has 10 nitrogen and oxygen atoms in total. The van der Waals surface area contributed by atoms with E-state index in [9.17, 15) is 22.8 Å². The molecule has 0 saturated carbocycles. The van der Waals surface area contributed by atoms with Crippen LogP contribution < -0.4 is 14.4 Å². The minimum Gasteiger partial charge on any atom is -0.476 e. The van der Waals surface area contributed by atoms with Crippen LogP contribution in [0.15, 0.2) is 36.4 Å². The van der Waals surface area contributed by atoms with Gasteiger partial charge in [-0.25, -0.2) is 18.0 Å². The molecule has 2 aromatic rings. The second kappa shape index (κ2) is 9.57. The Labute approximate surface area is 204 Å². The highest BCUT2D eigenvalue weighted by molar-refractivity contribution is 7.92. The number of carbonyl (C=O) groups excluding carboxylic acids is 3. The largest absolute Gasteiger partial charge is 0.476 e. The topological polar surface area (TPSA) is 128 Å². The van der Waals surface area contributed by atoms with Crippen molar-refractivity contribution in [3.05, 3.63) is 53.1 Å². The van der Waals surface area contributed by atoms with Gasteiger partial charge in [0.2, 0.25) is 10.0 Å². The third kappa shape index (κ3) is 5.73. The van der Waals surface area contributed by atoms with Gasteiger partial charge in [0.05, 0.1) is 43.8 Å². The number of benzene rings is 2. The van der Waals surface area contributed by atoms with E-state index in [4.69, 9.17) is 14.2 Å². The van der Waals surface area contributed by atoms with Crippen molar-refractivity contribution in [2.75, 3.05) is 36.6 Å². The first-order valence-corrected chi connectivity index (χ1v) is 12.5. The normalized spacial score (nSPS) is 15.5. The molecule has 3 rings (SSSR count). The van der Waals surface area contributed by atoms with E-state index in [1.54, 1.807) is 12.1 Å². The molecule has 0 fully saturated rings. The van der Waals surface area contributed by atoms with Gasteiger partial charge in [0.25, 0.3) is 5.91 Å². The molecule has 35 heavy (non-hydrogen) atoms. The minimum atomic E-state index is -3.73. The van der Waals surface area contributed by atoms with Gasteiger partial charge in [-0.05, 0) is 41.3 Å². The molecule has 0 spiro atoms. The minimum absolute atomic E-state index is 0.0214. The second-order valence-corrected chi connectivity index (χ2v) is 11.0. The molecule has 1 aliphatic heterocycles. The predicted molar refractivity (Wildman–Crippen MR) is 129 cm³/mol. The zero-order chi connectivity index (χ0) is 26.1. The Morgan fingerprint density at radius 3 is 2.06 bits per heavy atom. The lowest BCUT2D eigenvalue weighted by Crippen LogP contribution is -2.48. The molecule has 0 saturated heterocycles. The van der Waals surface area contributed by atoms with Gasteiger partial charge in [-0.1, -0.05) is 26.8 Å². The van der Waals surface area contributed by atoms with Crippen molar-refractivity contribution in [1.82, 2.24) is 0 Å². The summed E-state index contributed by atoms with van der Waals surface area (Å²) < 4.78 is 41.6. The zero-order valence-corrected chi connectivity index (χ0v) is 21.2. The maximum atomic E-state index is 13.1. The number of amides is 1. The van der Waals surface area contributed by atoms with Gasteiger partial charge in [-0.2, -0.15) is 0 Å². The van der Waals surface area contributed by atoms with Crippen LogP contribution in [0.4, 0.5) is 11.4 Å². The van der Waals surface area contributed by atoms with E-state index >= 15 is 0 Å². The summed E-state index contributed by atoms with van der Waals surface area (Å²) in [6, 6.07) is 9.14. The predicted octanol–water partition coefficient (Wildman–Crippen LogP) is 2.72. The highest BCUT2D eigenvalue weighted by Crippen LogP contribution is 2.38. The van der Waals surface area contributed by atoms with Crippen LogP contribution in [0.3, 0.4) is 0 Å². The average molecular weight is 505 g/mol. The van der Waals surface area contributed by atoms with Gasteiger partial charge in [-0.15, -0.1) is 0 Å². The molecular weight excluding hydrogens is 476 g/mol. The maximum Gasteiger partial charge on any atom is 0.337 e. The third-order valence-corrected chi connectivity index (χ3v) is 6.58. The first-order valence-electron chi connectivity index (χ1n) is 10.7. The summed E-state index contributed by atoms with van der Waals surface area (Å²) in [6.45, 7) is 5.76. The van der Waals surface area contributed by atoms with Crippen LogP contribution in [0.1, 0.15) is 47.1 Å². The highest BCUT2D eigenvalue weighted by Gasteiger charge is 2.36. The van der Waals surface area contributed by atoms with Crippen molar-refractivity contribution in [1.29, 1.82) is 0 Å². The Morgan fingerprint density at radius 1 is 1.00 bits per heavy atom. The fourth-order valence-corrected chi connectivity index (χ4v) is 4.47. The van der Waals surface area contributed by atoms with Crippen LogP contribution in [0, 0.1) is 0 Å². The molecule has 0 bridgehead atoms. The number of nitrogens with zero attached hydrogens (tertiary/aromatic N) is 1. The van der Waals surface area contributed by atoms with Gasteiger partial charge in [0.15, 0.2) is 6.10 Å². The summed E-state index contributed by atoms with van der Waals surface area (Å²) in [7, 11) is -1.36. The van der Waals surface area contributed by atoms with E-state index in [0.29, 0.717) is 5.69 Å². The third-order valence-electron chi connectivity index (χ3n) is 5.43. The number of rotatable bonds is 5. The number of sulfonamides is 1. The quantitative estimate of drug-likeness (QED) is 0.616. The monoisotopic (exact) mass is 504 g/mol. The molecule has 1 amide bonds. The molecule has 1 N–H and O–H groups in total. The van der Waals surface area contributed by atoms with Crippen LogP contribution in [0.5, 0.6) is 5.75 Å². The summed E-state index contributed by atoms with van der Waals surface area (Å²) in [6.07, 6.45) is -0.135. The molecule has 188 valence electrons. The molecule has 1 heterocycles. The van der Waals surface area contributed by atoms with Gasteiger partial charge < -0.3 is 19.5 Å². The fraction of sp³-hybridized carbons (Fsp3) is 0.375. The molecule has 0 aliphatic carbocycles. The first kappa shape index (κ1) is 26.0. The van der Waals surface area contributed by atoms with E-state index in [0.717, 1.165) is 16.1 Å². The SMILES string of the molecule is COC(=O)c1cc(NC(=O)C2CN(S(C)(=O)=O)c3cc(C(C)(C)C)ccc3O2)cc(C(=O)OC)c1. The molecule has 2 aromatic carbocycles. The van der Waals surface area contributed by atoms with Crippen molar-refractivity contribution >= 4 is 39.2 Å². The molecule has 1 aliphatic rings. The Balaban J connectivity index is 1.95. The van der Waals surface area contributed by atoms with E-state index in [2.05, 4.69) is 5.32 Å². The Kier molecular flexibility index (Phi) is 7.11. The Bertz CT molecular complexity index is 1250. The number of hydrogen-bond acceptors (Lipinski definition) is 8. The van der Waals surface area contributed by atoms with Gasteiger partial charge in [0, 0.05) is 5.69 Å². The van der Waals surface area contributed by atoms with Crippen LogP contribution in [-0.4, -0.2) is 59.4 Å². The first-order chi connectivity index (χ1) is 16.2. The number of carbonyl (C=O) groups is 3. The summed E-state index contributed by atoms with van der Waals surface area (Å²) in [5.74, 6) is -1.85. The van der Waals surface area contributed by atoms with Crippen molar-refractivity contribution in [3.8, 4) is 5.75 Å². The van der Waals surface area contributed by atoms with Crippen LogP contribution in [0.2, 0.25) is 0 Å². The summed E-state index contributed by atoms with van der Waals surface area (Å²) >= 11 is 0. The number of anilines is 2. The van der Waals surface area contributed by atoms with Crippen molar-refractivity contribution in [3.63, 3.8) is 0 Å². The van der Waals surface area contributed by atoms with Gasteiger partial charge in [-0.3, -0.25) is 9.10 Å². The fourth-order valence-electron chi connectivity index (χ4n) is 3.56. The Hall–Kier alpha value is -3.60. The maximum absolute atomic E-state index is 13.1. The average Bonchev–Trinajstić information content (AvgIpc) is 2.80. The lowest BCUT2D eigenvalue weighted by Gasteiger charge is -2.35. The second-order valence-electron chi connectivity index (χ2n) is 9.10. The van der Waals surface area contributed by atoms with Crippen molar-refractivity contribution < 1.29 is 37.0 Å². The summed E-state index contributed by atoms with van der Waals surface area (Å²) in [5.41, 5.74) is 1.19. The summed E-state index contributed by atoms with van der Waals surface area (Å²) in [4.78, 5) is 37.1. The number of esters is 2. The van der Waals surface area contributed by atoms with E-state index in [-0.39, 0.29) is 34.5 Å². The number of fused-ring (bicyclic) bond motifs is 1.